The van der Waals surface area contributed by atoms with E-state index in [-0.39, 0.29) is 11.4 Å². The number of aliphatic carboxylic acids is 2. The molecule has 0 aliphatic carbocycles. The van der Waals surface area contributed by atoms with Crippen LogP contribution in [0.25, 0.3) is 0 Å². The normalized spacial score (nSPS) is 11.6. The Kier molecular flexibility index (Phi) is 5.06. The Morgan fingerprint density at radius 2 is 2.05 bits per heavy atom. The molecule has 9 nitrogen and oxygen atoms in total. The average Bonchev–Trinajstić information content (AvgIpc) is 2.71. The fourth-order valence-electron chi connectivity index (χ4n) is 1.16. The molecule has 1 aromatic heterocycles. The van der Waals surface area contributed by atoms with E-state index < -0.39 is 30.4 Å². The van der Waals surface area contributed by atoms with Gasteiger partial charge in [-0.2, -0.15) is 0 Å². The third kappa shape index (κ3) is 5.21. The molecule has 10 heteroatoms. The van der Waals surface area contributed by atoms with Gasteiger partial charge in [0.2, 0.25) is 0 Å². The molecule has 2 amide bonds. The number of rotatable bonds is 6. The van der Waals surface area contributed by atoms with Crippen LogP contribution in [0.2, 0.25) is 0 Å². The molecule has 1 heterocycles. The lowest BCUT2D eigenvalue weighted by atomic mass is 10.2. The van der Waals surface area contributed by atoms with Crippen LogP contribution in [0.4, 0.5) is 4.79 Å². The first-order valence-corrected chi connectivity index (χ1v) is 5.92. The van der Waals surface area contributed by atoms with E-state index in [0.29, 0.717) is 5.69 Å². The summed E-state index contributed by atoms with van der Waals surface area (Å²) in [5.41, 5.74) is 0.468. The molecule has 0 saturated heterocycles. The maximum atomic E-state index is 11.4. The van der Waals surface area contributed by atoms with Crippen LogP contribution in [0.1, 0.15) is 12.1 Å². The van der Waals surface area contributed by atoms with Crippen LogP contribution < -0.4 is 15.5 Å². The van der Waals surface area contributed by atoms with Crippen molar-refractivity contribution in [2.24, 2.45) is 0 Å². The molecule has 0 spiro atoms. The second kappa shape index (κ2) is 6.54. The second-order valence-electron chi connectivity index (χ2n) is 3.49. The highest BCUT2D eigenvalue weighted by molar-refractivity contribution is 7.07. The lowest BCUT2D eigenvalue weighted by molar-refractivity contribution is -0.145. The molecule has 0 aliphatic heterocycles. The number of carboxylic acids is 2. The number of urea groups is 1. The van der Waals surface area contributed by atoms with Crippen molar-refractivity contribution in [3.8, 4) is 0 Å². The molecular weight excluding hydrogens is 278 g/mol. The van der Waals surface area contributed by atoms with E-state index in [1.165, 1.54) is 5.38 Å². The fourth-order valence-corrected chi connectivity index (χ4v) is 1.74. The first-order valence-electron chi connectivity index (χ1n) is 5.04. The van der Waals surface area contributed by atoms with E-state index in [1.807, 2.05) is 5.32 Å². The van der Waals surface area contributed by atoms with Gasteiger partial charge in [0.25, 0.3) is 0 Å². The van der Waals surface area contributed by atoms with Crippen LogP contribution in [0, 0.1) is 0 Å². The van der Waals surface area contributed by atoms with Gasteiger partial charge < -0.3 is 25.8 Å². The lowest BCUT2D eigenvalue weighted by Gasteiger charge is -2.12. The first kappa shape index (κ1) is 14.7. The smallest absolute Gasteiger partial charge is 0.326 e. The summed E-state index contributed by atoms with van der Waals surface area (Å²) in [6, 6.07) is -2.35. The van der Waals surface area contributed by atoms with Gasteiger partial charge in [0.1, 0.15) is 6.04 Å². The molecule has 0 unspecified atom stereocenters. The summed E-state index contributed by atoms with van der Waals surface area (Å²) in [5.74, 6) is -2.78. The Labute approximate surface area is 110 Å². The van der Waals surface area contributed by atoms with Crippen molar-refractivity contribution in [1.29, 1.82) is 0 Å². The summed E-state index contributed by atoms with van der Waals surface area (Å²) in [6.07, 6.45) is -0.724. The average molecular weight is 289 g/mol. The van der Waals surface area contributed by atoms with Gasteiger partial charge >= 0.3 is 22.8 Å². The molecule has 104 valence electrons. The van der Waals surface area contributed by atoms with E-state index in [2.05, 4.69) is 10.3 Å². The van der Waals surface area contributed by atoms with Gasteiger partial charge in [-0.05, 0) is 0 Å². The zero-order valence-electron chi connectivity index (χ0n) is 9.50. The number of carbonyl (C=O) groups excluding carboxylic acids is 1. The zero-order valence-corrected chi connectivity index (χ0v) is 10.3. The highest BCUT2D eigenvalue weighted by Crippen LogP contribution is 1.96. The molecule has 0 radical (unpaired) electrons. The number of hydrogen-bond donors (Lipinski definition) is 5. The molecular formula is C9H11N3O6S. The van der Waals surface area contributed by atoms with Crippen LogP contribution in [0.15, 0.2) is 10.2 Å². The Balaban J connectivity index is 2.46. The summed E-state index contributed by atoms with van der Waals surface area (Å²) >= 11 is 0.929. The van der Waals surface area contributed by atoms with Crippen molar-refractivity contribution in [3.63, 3.8) is 0 Å². The largest absolute Gasteiger partial charge is 0.481 e. The third-order valence-corrected chi connectivity index (χ3v) is 2.71. The first-order chi connectivity index (χ1) is 8.88. The number of H-pyrrole nitrogens is 1. The van der Waals surface area contributed by atoms with Crippen molar-refractivity contribution in [2.45, 2.75) is 19.0 Å². The molecule has 0 bridgehead atoms. The maximum absolute atomic E-state index is 11.4. The van der Waals surface area contributed by atoms with Crippen LogP contribution in [0.5, 0.6) is 0 Å². The summed E-state index contributed by atoms with van der Waals surface area (Å²) in [7, 11) is 0. The number of aromatic amines is 1. The molecule has 1 aromatic rings. The predicted octanol–water partition coefficient (Wildman–Crippen LogP) is -0.836. The van der Waals surface area contributed by atoms with Gasteiger partial charge in [-0.15, -0.1) is 0 Å². The quantitative estimate of drug-likeness (QED) is 0.461. The minimum Gasteiger partial charge on any atom is -0.481 e. The highest BCUT2D eigenvalue weighted by atomic mass is 32.1. The van der Waals surface area contributed by atoms with Gasteiger partial charge in [-0.1, -0.05) is 11.3 Å². The molecule has 1 rings (SSSR count). The molecule has 5 N–H and O–H groups in total. The number of carbonyl (C=O) groups is 3. The molecule has 0 fully saturated rings. The van der Waals surface area contributed by atoms with Crippen LogP contribution in [0.3, 0.4) is 0 Å². The number of thiazole rings is 1. The third-order valence-electron chi connectivity index (χ3n) is 1.99. The van der Waals surface area contributed by atoms with Gasteiger partial charge in [-0.3, -0.25) is 9.59 Å². The van der Waals surface area contributed by atoms with E-state index >= 15 is 0 Å². The molecule has 0 aromatic carbocycles. The Hall–Kier alpha value is -2.36. The van der Waals surface area contributed by atoms with Crippen LogP contribution in [-0.2, 0) is 16.1 Å². The van der Waals surface area contributed by atoms with Gasteiger partial charge in [-0.25, -0.2) is 9.59 Å². The predicted molar refractivity (Wildman–Crippen MR) is 64.0 cm³/mol. The van der Waals surface area contributed by atoms with Crippen molar-refractivity contribution in [1.82, 2.24) is 15.6 Å². The van der Waals surface area contributed by atoms with E-state index in [4.69, 9.17) is 10.2 Å². The van der Waals surface area contributed by atoms with E-state index in [1.54, 1.807) is 0 Å². The van der Waals surface area contributed by atoms with Crippen molar-refractivity contribution < 1.29 is 24.6 Å². The molecule has 0 aliphatic rings. The van der Waals surface area contributed by atoms with Crippen LogP contribution >= 0.6 is 11.3 Å². The van der Waals surface area contributed by atoms with Crippen molar-refractivity contribution in [2.75, 3.05) is 0 Å². The van der Waals surface area contributed by atoms with Gasteiger partial charge in [0.05, 0.1) is 13.0 Å². The van der Waals surface area contributed by atoms with Crippen LogP contribution in [-0.4, -0.2) is 39.2 Å². The lowest BCUT2D eigenvalue weighted by Crippen LogP contribution is -2.46. The second-order valence-corrected chi connectivity index (χ2v) is 4.33. The highest BCUT2D eigenvalue weighted by Gasteiger charge is 2.22. The minimum absolute atomic E-state index is 0.00395. The summed E-state index contributed by atoms with van der Waals surface area (Å²) in [6.45, 7) is 0.00395. The van der Waals surface area contributed by atoms with E-state index in [0.717, 1.165) is 11.3 Å². The summed E-state index contributed by atoms with van der Waals surface area (Å²) in [4.78, 5) is 45.4. The Morgan fingerprint density at radius 3 is 2.53 bits per heavy atom. The monoisotopic (exact) mass is 289 g/mol. The standard InChI is InChI=1S/C9H11N3O6S/c13-6(14)1-5(7(15)16)12-8(17)10-2-4-3-19-9(18)11-4/h3,5H,1-2H2,(H,11,18)(H,13,14)(H,15,16)(H2,10,12,17)/t5-/m0/s1. The van der Waals surface area contributed by atoms with Gasteiger partial charge in [0, 0.05) is 11.1 Å². The number of nitrogens with one attached hydrogen (secondary N) is 3. The zero-order chi connectivity index (χ0) is 14.4. The number of hydrogen-bond acceptors (Lipinski definition) is 5. The molecule has 19 heavy (non-hydrogen) atoms. The number of aromatic nitrogens is 1. The van der Waals surface area contributed by atoms with Crippen molar-refractivity contribution in [3.05, 3.63) is 20.7 Å². The van der Waals surface area contributed by atoms with Gasteiger partial charge in [0.15, 0.2) is 0 Å². The summed E-state index contributed by atoms with van der Waals surface area (Å²) in [5, 5.41) is 23.0. The Bertz CT molecular complexity index is 536. The topological polar surface area (TPSA) is 149 Å². The number of amides is 2. The number of carboxylic acid groups (broad SMARTS) is 2. The fraction of sp³-hybridized carbons (Fsp3) is 0.333. The molecule has 0 saturated carbocycles. The molecule has 1 atom stereocenters. The summed E-state index contributed by atoms with van der Waals surface area (Å²) < 4.78 is 0. The van der Waals surface area contributed by atoms with Crippen molar-refractivity contribution >= 4 is 29.3 Å². The maximum Gasteiger partial charge on any atom is 0.326 e. The SMILES string of the molecule is O=C(O)C[C@H](NC(=O)NCc1csc(=O)[nH]1)C(=O)O. The Morgan fingerprint density at radius 1 is 1.37 bits per heavy atom. The van der Waals surface area contributed by atoms with E-state index in [9.17, 15) is 19.2 Å². The minimum atomic E-state index is -1.51.